The average Bonchev–Trinajstić information content (AvgIpc) is 3.18. The number of rotatable bonds is 4. The highest BCUT2D eigenvalue weighted by molar-refractivity contribution is 5.86. The van der Waals surface area contributed by atoms with Crippen LogP contribution in [0, 0.1) is 12.7 Å². The molecule has 4 rings (SSSR count). The van der Waals surface area contributed by atoms with Gasteiger partial charge in [-0.2, -0.15) is 4.98 Å². The number of urea groups is 1. The van der Waals surface area contributed by atoms with Gasteiger partial charge in [0, 0.05) is 17.8 Å². The number of allylic oxidation sites excluding steroid dienone is 1. The van der Waals surface area contributed by atoms with Crippen LogP contribution >= 0.6 is 0 Å². The van der Waals surface area contributed by atoms with Crippen LogP contribution in [-0.2, 0) is 0 Å². The lowest BCUT2D eigenvalue weighted by molar-refractivity contribution is 0.207. The number of carbonyl (C=O) groups excluding carboxylic acids is 1. The van der Waals surface area contributed by atoms with Gasteiger partial charge in [-0.15, -0.1) is 0 Å². The first-order chi connectivity index (χ1) is 14.0. The topological polar surface area (TPSA) is 71.3 Å². The summed E-state index contributed by atoms with van der Waals surface area (Å²) in [5, 5.41) is 7.06. The van der Waals surface area contributed by atoms with Gasteiger partial charge in [-0.05, 0) is 38.5 Å². The lowest BCUT2D eigenvalue weighted by atomic mass is 9.94. The molecule has 1 aliphatic rings. The molecular formula is C22H21FN4O2. The van der Waals surface area contributed by atoms with Crippen molar-refractivity contribution in [2.24, 2.45) is 0 Å². The van der Waals surface area contributed by atoms with Gasteiger partial charge in [0.2, 0.25) is 5.82 Å². The summed E-state index contributed by atoms with van der Waals surface area (Å²) >= 11 is 0. The van der Waals surface area contributed by atoms with Crippen LogP contribution in [0.15, 0.2) is 58.8 Å². The van der Waals surface area contributed by atoms with Crippen molar-refractivity contribution in [2.45, 2.75) is 26.8 Å². The van der Waals surface area contributed by atoms with E-state index in [1.165, 1.54) is 12.1 Å². The minimum atomic E-state index is -0.424. The van der Waals surface area contributed by atoms with Gasteiger partial charge in [-0.3, -0.25) is 4.90 Å². The molecule has 2 heterocycles. The number of hydrogen-bond acceptors (Lipinski definition) is 4. The number of nitrogens with one attached hydrogen (secondary N) is 1. The van der Waals surface area contributed by atoms with E-state index < -0.39 is 6.04 Å². The summed E-state index contributed by atoms with van der Waals surface area (Å²) in [4.78, 5) is 18.7. The number of benzene rings is 2. The van der Waals surface area contributed by atoms with Gasteiger partial charge in [0.25, 0.3) is 5.89 Å². The molecule has 3 aromatic rings. The van der Waals surface area contributed by atoms with Crippen LogP contribution in [0.4, 0.5) is 9.18 Å². The molecule has 0 aliphatic carbocycles. The zero-order valence-corrected chi connectivity index (χ0v) is 16.4. The third-order valence-corrected chi connectivity index (χ3v) is 5.06. The molecule has 7 heteroatoms. The number of carbonyl (C=O) groups is 1. The largest absolute Gasteiger partial charge is 0.334 e. The first-order valence-corrected chi connectivity index (χ1v) is 9.43. The average molecular weight is 392 g/mol. The Balaban J connectivity index is 1.81. The Labute approximate surface area is 168 Å². The van der Waals surface area contributed by atoms with E-state index in [4.69, 9.17) is 4.52 Å². The van der Waals surface area contributed by atoms with E-state index >= 15 is 0 Å². The van der Waals surface area contributed by atoms with Crippen LogP contribution < -0.4 is 5.32 Å². The Kier molecular flexibility index (Phi) is 4.88. The maximum absolute atomic E-state index is 13.6. The molecule has 0 spiro atoms. The molecule has 29 heavy (non-hydrogen) atoms. The zero-order valence-electron chi connectivity index (χ0n) is 16.4. The lowest BCUT2D eigenvalue weighted by Crippen LogP contribution is -2.45. The molecule has 1 N–H and O–H groups in total. The summed E-state index contributed by atoms with van der Waals surface area (Å²) in [6, 6.07) is 13.4. The van der Waals surface area contributed by atoms with Gasteiger partial charge in [-0.25, -0.2) is 9.18 Å². The van der Waals surface area contributed by atoms with Crippen molar-refractivity contribution >= 4 is 11.6 Å². The minimum absolute atomic E-state index is 0.177. The molecule has 148 valence electrons. The van der Waals surface area contributed by atoms with Crippen LogP contribution in [0.25, 0.3) is 17.0 Å². The number of nitrogens with zero attached hydrogens (tertiary/aromatic N) is 3. The molecule has 1 atom stereocenters. The Hall–Kier alpha value is -3.48. The first-order valence-electron chi connectivity index (χ1n) is 9.43. The summed E-state index contributed by atoms with van der Waals surface area (Å²) < 4.78 is 19.1. The normalized spacial score (nSPS) is 16.9. The maximum Gasteiger partial charge on any atom is 0.322 e. The second-order valence-corrected chi connectivity index (χ2v) is 6.97. The molecule has 0 saturated carbocycles. The molecular weight excluding hydrogens is 371 g/mol. The third kappa shape index (κ3) is 3.51. The van der Waals surface area contributed by atoms with E-state index in [0.717, 1.165) is 22.4 Å². The highest BCUT2D eigenvalue weighted by Gasteiger charge is 2.35. The molecule has 0 bridgehead atoms. The van der Waals surface area contributed by atoms with Crippen molar-refractivity contribution in [1.29, 1.82) is 0 Å². The van der Waals surface area contributed by atoms with Crippen molar-refractivity contribution < 1.29 is 13.7 Å². The summed E-state index contributed by atoms with van der Waals surface area (Å²) in [6.45, 7) is 6.28. The monoisotopic (exact) mass is 392 g/mol. The maximum atomic E-state index is 13.6. The van der Waals surface area contributed by atoms with Crippen molar-refractivity contribution in [3.05, 3.63) is 77.1 Å². The Bertz CT molecular complexity index is 1090. The van der Waals surface area contributed by atoms with Gasteiger partial charge in [-0.1, -0.05) is 47.1 Å². The van der Waals surface area contributed by atoms with E-state index in [2.05, 4.69) is 15.5 Å². The van der Waals surface area contributed by atoms with Crippen molar-refractivity contribution in [3.8, 4) is 11.4 Å². The SMILES string of the molecule is CCN1C(=O)NC(c2ccc(C)cc2)C(c2nc(-c3cccc(F)c3)no2)=C1C. The molecule has 1 unspecified atom stereocenters. The highest BCUT2D eigenvalue weighted by atomic mass is 19.1. The molecule has 0 radical (unpaired) electrons. The third-order valence-electron chi connectivity index (χ3n) is 5.06. The molecule has 0 fully saturated rings. The molecule has 2 amide bonds. The van der Waals surface area contributed by atoms with Gasteiger partial charge in [0.05, 0.1) is 11.6 Å². The summed E-state index contributed by atoms with van der Waals surface area (Å²) in [7, 11) is 0. The number of hydrogen-bond donors (Lipinski definition) is 1. The van der Waals surface area contributed by atoms with E-state index in [9.17, 15) is 9.18 Å². The van der Waals surface area contributed by atoms with Gasteiger partial charge >= 0.3 is 6.03 Å². The minimum Gasteiger partial charge on any atom is -0.334 e. The predicted molar refractivity (Wildman–Crippen MR) is 107 cm³/mol. The fourth-order valence-electron chi connectivity index (χ4n) is 3.53. The fraction of sp³-hybridized carbons (Fsp3) is 0.227. The van der Waals surface area contributed by atoms with Crippen LogP contribution in [0.2, 0.25) is 0 Å². The van der Waals surface area contributed by atoms with Crippen molar-refractivity contribution in [3.63, 3.8) is 0 Å². The first kappa shape index (κ1) is 18.9. The number of aryl methyl sites for hydroxylation is 1. The molecule has 6 nitrogen and oxygen atoms in total. The smallest absolute Gasteiger partial charge is 0.322 e. The summed E-state index contributed by atoms with van der Waals surface area (Å²) in [5.41, 5.74) is 4.04. The van der Waals surface area contributed by atoms with Gasteiger partial charge in [0.15, 0.2) is 0 Å². The van der Waals surface area contributed by atoms with E-state index in [-0.39, 0.29) is 11.8 Å². The quantitative estimate of drug-likeness (QED) is 0.699. The van der Waals surface area contributed by atoms with E-state index in [1.807, 2.05) is 45.0 Å². The summed E-state index contributed by atoms with van der Waals surface area (Å²) in [5.74, 6) is 0.219. The Morgan fingerprint density at radius 1 is 1.17 bits per heavy atom. The number of amides is 2. The number of halogens is 1. The zero-order chi connectivity index (χ0) is 20.5. The molecule has 1 aliphatic heterocycles. The van der Waals surface area contributed by atoms with Crippen LogP contribution in [0.3, 0.4) is 0 Å². The second kappa shape index (κ2) is 7.50. The fourth-order valence-corrected chi connectivity index (χ4v) is 3.53. The predicted octanol–water partition coefficient (Wildman–Crippen LogP) is 4.70. The van der Waals surface area contributed by atoms with E-state index in [0.29, 0.717) is 23.8 Å². The second-order valence-electron chi connectivity index (χ2n) is 6.97. The van der Waals surface area contributed by atoms with Gasteiger partial charge in [0.1, 0.15) is 5.82 Å². The number of aromatic nitrogens is 2. The van der Waals surface area contributed by atoms with Crippen LogP contribution in [0.1, 0.15) is 36.9 Å². The lowest BCUT2D eigenvalue weighted by Gasteiger charge is -2.34. The van der Waals surface area contributed by atoms with Crippen molar-refractivity contribution in [1.82, 2.24) is 20.4 Å². The van der Waals surface area contributed by atoms with Crippen LogP contribution in [-0.4, -0.2) is 27.6 Å². The highest BCUT2D eigenvalue weighted by Crippen LogP contribution is 2.37. The molecule has 0 saturated heterocycles. The Morgan fingerprint density at radius 3 is 2.62 bits per heavy atom. The summed E-state index contributed by atoms with van der Waals surface area (Å²) in [6.07, 6.45) is 0. The molecule has 2 aromatic carbocycles. The van der Waals surface area contributed by atoms with Crippen molar-refractivity contribution in [2.75, 3.05) is 6.54 Å². The molecule has 1 aromatic heterocycles. The van der Waals surface area contributed by atoms with E-state index in [1.54, 1.807) is 17.0 Å². The standard InChI is InChI=1S/C22H21FN4O2/c1-4-27-14(3)18(19(24-22(27)28)15-10-8-13(2)9-11-15)21-25-20(26-29-21)16-6-5-7-17(23)12-16/h5-12,19H,4H2,1-3H3,(H,24,28). The Morgan fingerprint density at radius 2 is 1.93 bits per heavy atom. The van der Waals surface area contributed by atoms with Crippen LogP contribution in [0.5, 0.6) is 0 Å². The van der Waals surface area contributed by atoms with Gasteiger partial charge < -0.3 is 9.84 Å².